The molecule has 0 unspecified atom stereocenters. The van der Waals surface area contributed by atoms with Crippen molar-refractivity contribution in [3.05, 3.63) is 75.7 Å². The number of aliphatic imine (C=N–C) groups is 1. The minimum absolute atomic E-state index is 0.00164. The van der Waals surface area contributed by atoms with Crippen molar-refractivity contribution in [1.82, 2.24) is 0 Å². The van der Waals surface area contributed by atoms with Crippen LogP contribution in [-0.2, 0) is 9.53 Å². The van der Waals surface area contributed by atoms with Gasteiger partial charge in [0.25, 0.3) is 0 Å². The Morgan fingerprint density at radius 1 is 1.09 bits per heavy atom. The Labute approximate surface area is 134 Å². The number of carbonyl (C=O) groups excluding carboxylic acids is 1. The zero-order chi connectivity index (χ0) is 16.6. The number of rotatable bonds is 2. The van der Waals surface area contributed by atoms with E-state index in [1.807, 2.05) is 32.9 Å². The summed E-state index contributed by atoms with van der Waals surface area (Å²) in [5, 5.41) is 0. The van der Waals surface area contributed by atoms with Gasteiger partial charge in [0.15, 0.2) is 5.70 Å². The van der Waals surface area contributed by atoms with Crippen molar-refractivity contribution < 1.29 is 13.9 Å². The van der Waals surface area contributed by atoms with E-state index in [9.17, 15) is 9.18 Å². The van der Waals surface area contributed by atoms with E-state index in [0.717, 1.165) is 22.3 Å². The molecule has 116 valence electrons. The summed E-state index contributed by atoms with van der Waals surface area (Å²) in [7, 11) is 0. The van der Waals surface area contributed by atoms with E-state index in [-0.39, 0.29) is 17.2 Å². The second kappa shape index (κ2) is 5.80. The second-order valence-corrected chi connectivity index (χ2v) is 5.63. The summed E-state index contributed by atoms with van der Waals surface area (Å²) in [4.78, 5) is 16.2. The first kappa shape index (κ1) is 15.2. The molecule has 0 spiro atoms. The third kappa shape index (κ3) is 2.93. The van der Waals surface area contributed by atoms with Gasteiger partial charge in [-0.1, -0.05) is 29.8 Å². The monoisotopic (exact) mass is 309 g/mol. The van der Waals surface area contributed by atoms with E-state index >= 15 is 0 Å². The van der Waals surface area contributed by atoms with Crippen LogP contribution in [0.15, 0.2) is 47.1 Å². The number of esters is 1. The minimum atomic E-state index is -0.567. The maximum atomic E-state index is 13.8. The summed E-state index contributed by atoms with van der Waals surface area (Å²) < 4.78 is 18.9. The molecule has 0 radical (unpaired) electrons. The summed E-state index contributed by atoms with van der Waals surface area (Å²) in [6.45, 7) is 5.98. The molecule has 0 bridgehead atoms. The van der Waals surface area contributed by atoms with Gasteiger partial charge in [-0.05, 0) is 55.7 Å². The van der Waals surface area contributed by atoms with Crippen LogP contribution >= 0.6 is 0 Å². The van der Waals surface area contributed by atoms with E-state index in [2.05, 4.69) is 4.99 Å². The van der Waals surface area contributed by atoms with Crippen LogP contribution in [0, 0.1) is 26.6 Å². The second-order valence-electron chi connectivity index (χ2n) is 5.63. The van der Waals surface area contributed by atoms with Gasteiger partial charge in [0.05, 0.1) is 5.56 Å². The molecule has 0 amide bonds. The van der Waals surface area contributed by atoms with Crippen LogP contribution in [0.3, 0.4) is 0 Å². The average molecular weight is 309 g/mol. The van der Waals surface area contributed by atoms with Gasteiger partial charge in [0.1, 0.15) is 5.82 Å². The molecule has 0 aliphatic carbocycles. The minimum Gasteiger partial charge on any atom is -0.402 e. The predicted molar refractivity (Wildman–Crippen MR) is 87.7 cm³/mol. The van der Waals surface area contributed by atoms with Crippen molar-refractivity contribution >= 4 is 17.9 Å². The van der Waals surface area contributed by atoms with Crippen LogP contribution in [0.5, 0.6) is 0 Å². The predicted octanol–water partition coefficient (Wildman–Crippen LogP) is 4.10. The highest BCUT2D eigenvalue weighted by Gasteiger charge is 2.26. The molecule has 1 heterocycles. The van der Waals surface area contributed by atoms with E-state index in [1.165, 1.54) is 12.1 Å². The highest BCUT2D eigenvalue weighted by molar-refractivity contribution is 6.13. The normalized spacial score (nSPS) is 15.7. The Morgan fingerprint density at radius 3 is 2.39 bits per heavy atom. The molecule has 2 aromatic rings. The fraction of sp³-hybridized carbons (Fsp3) is 0.158. The molecule has 0 atom stereocenters. The van der Waals surface area contributed by atoms with Crippen molar-refractivity contribution in [1.29, 1.82) is 0 Å². The van der Waals surface area contributed by atoms with Crippen molar-refractivity contribution in [2.24, 2.45) is 4.99 Å². The van der Waals surface area contributed by atoms with E-state index in [0.29, 0.717) is 0 Å². The van der Waals surface area contributed by atoms with Crippen LogP contribution < -0.4 is 0 Å². The van der Waals surface area contributed by atoms with Crippen molar-refractivity contribution in [3.63, 3.8) is 0 Å². The largest absolute Gasteiger partial charge is 0.402 e. The molecule has 0 saturated carbocycles. The molecule has 23 heavy (non-hydrogen) atoms. The topological polar surface area (TPSA) is 38.7 Å². The summed E-state index contributed by atoms with van der Waals surface area (Å²) in [6.07, 6.45) is 1.69. The molecule has 0 fully saturated rings. The van der Waals surface area contributed by atoms with Crippen LogP contribution in [0.1, 0.15) is 27.8 Å². The molecule has 0 N–H and O–H groups in total. The van der Waals surface area contributed by atoms with Crippen LogP contribution in [-0.4, -0.2) is 11.9 Å². The van der Waals surface area contributed by atoms with Gasteiger partial charge in [-0.25, -0.2) is 14.2 Å². The molecule has 0 saturated heterocycles. The maximum Gasteiger partial charge on any atom is 0.363 e. The maximum absolute atomic E-state index is 13.8. The highest BCUT2D eigenvalue weighted by atomic mass is 19.1. The summed E-state index contributed by atoms with van der Waals surface area (Å²) >= 11 is 0. The first-order chi connectivity index (χ1) is 11.0. The third-order valence-electron chi connectivity index (χ3n) is 3.74. The van der Waals surface area contributed by atoms with E-state index in [4.69, 9.17) is 4.74 Å². The van der Waals surface area contributed by atoms with E-state index < -0.39 is 11.8 Å². The van der Waals surface area contributed by atoms with Crippen LogP contribution in [0.4, 0.5) is 4.39 Å². The lowest BCUT2D eigenvalue weighted by Gasteiger charge is -2.07. The standard InChI is InChI=1S/C19H16FNO2/c1-11-8-12(2)15(13(3)9-11)10-17-19(22)23-18(21-17)14-6-4-5-7-16(14)20/h4-10H,1-3H3/b17-10-. The average Bonchev–Trinajstić information content (AvgIpc) is 2.84. The number of nitrogens with zero attached hydrogens (tertiary/aromatic N) is 1. The lowest BCUT2D eigenvalue weighted by molar-refractivity contribution is -0.129. The van der Waals surface area contributed by atoms with Crippen molar-refractivity contribution in [2.75, 3.05) is 0 Å². The number of aryl methyl sites for hydroxylation is 3. The van der Waals surface area contributed by atoms with Crippen LogP contribution in [0.25, 0.3) is 6.08 Å². The highest BCUT2D eigenvalue weighted by Crippen LogP contribution is 2.24. The zero-order valence-corrected chi connectivity index (χ0v) is 13.2. The summed E-state index contributed by atoms with van der Waals surface area (Å²) in [5.41, 5.74) is 4.56. The molecule has 3 nitrogen and oxygen atoms in total. The van der Waals surface area contributed by atoms with Crippen molar-refractivity contribution in [2.45, 2.75) is 20.8 Å². The van der Waals surface area contributed by atoms with Gasteiger partial charge in [0.2, 0.25) is 5.90 Å². The number of benzene rings is 2. The van der Waals surface area contributed by atoms with Crippen LogP contribution in [0.2, 0.25) is 0 Å². The van der Waals surface area contributed by atoms with E-state index in [1.54, 1.807) is 18.2 Å². The first-order valence-corrected chi connectivity index (χ1v) is 7.31. The van der Waals surface area contributed by atoms with Gasteiger partial charge >= 0.3 is 5.97 Å². The van der Waals surface area contributed by atoms with Crippen molar-refractivity contribution in [3.8, 4) is 0 Å². The third-order valence-corrected chi connectivity index (χ3v) is 3.74. The Kier molecular flexibility index (Phi) is 3.82. The number of ether oxygens (including phenoxy) is 1. The molecule has 2 aromatic carbocycles. The van der Waals surface area contributed by atoms with Gasteiger partial charge < -0.3 is 4.74 Å². The molecule has 1 aliphatic rings. The lowest BCUT2D eigenvalue weighted by Crippen LogP contribution is -2.07. The van der Waals surface area contributed by atoms with Gasteiger partial charge in [-0.3, -0.25) is 0 Å². The number of carbonyl (C=O) groups is 1. The number of hydrogen-bond donors (Lipinski definition) is 0. The number of cyclic esters (lactones) is 1. The molecule has 3 rings (SSSR count). The Bertz CT molecular complexity index is 842. The fourth-order valence-corrected chi connectivity index (χ4v) is 2.71. The summed E-state index contributed by atoms with van der Waals surface area (Å²) in [6, 6.07) is 10.2. The smallest absolute Gasteiger partial charge is 0.363 e. The first-order valence-electron chi connectivity index (χ1n) is 7.31. The Balaban J connectivity index is 2.04. The Hall–Kier alpha value is -2.75. The molecule has 4 heteroatoms. The zero-order valence-electron chi connectivity index (χ0n) is 13.2. The van der Waals surface area contributed by atoms with Gasteiger partial charge in [0, 0.05) is 0 Å². The SMILES string of the molecule is Cc1cc(C)c(/C=C2\N=C(c3ccccc3F)OC2=O)c(C)c1. The molecule has 0 aromatic heterocycles. The van der Waals surface area contributed by atoms with Gasteiger partial charge in [-0.15, -0.1) is 0 Å². The fourth-order valence-electron chi connectivity index (χ4n) is 2.71. The quantitative estimate of drug-likeness (QED) is 0.619. The molecular weight excluding hydrogens is 293 g/mol. The number of hydrogen-bond acceptors (Lipinski definition) is 3. The Morgan fingerprint density at radius 2 is 1.74 bits per heavy atom. The van der Waals surface area contributed by atoms with Gasteiger partial charge in [-0.2, -0.15) is 0 Å². The summed E-state index contributed by atoms with van der Waals surface area (Å²) in [5.74, 6) is -1.03. The molecule has 1 aliphatic heterocycles. The lowest BCUT2D eigenvalue weighted by atomic mass is 9.99. The molecular formula is C19H16FNO2. The number of halogens is 1.